The summed E-state index contributed by atoms with van der Waals surface area (Å²) in [5.41, 5.74) is 1.05. The molecule has 212 valence electrons. The van der Waals surface area contributed by atoms with E-state index in [1.54, 1.807) is 30.3 Å². The van der Waals surface area contributed by atoms with Crippen molar-refractivity contribution in [2.75, 3.05) is 12.0 Å². The minimum atomic E-state index is -1.40. The van der Waals surface area contributed by atoms with Crippen LogP contribution in [0.5, 0.6) is 11.5 Å². The summed E-state index contributed by atoms with van der Waals surface area (Å²) >= 11 is 6.32. The van der Waals surface area contributed by atoms with Crippen LogP contribution in [0.1, 0.15) is 29.9 Å². The van der Waals surface area contributed by atoms with E-state index < -0.39 is 40.9 Å². The number of hydrogen-bond acceptors (Lipinski definition) is 6. The number of nitrogens with zero attached hydrogens (tertiary/aromatic N) is 1. The number of imide groups is 2. The molecule has 2 aliphatic carbocycles. The van der Waals surface area contributed by atoms with E-state index >= 15 is 4.79 Å². The Balaban J connectivity index is 1.54. The summed E-state index contributed by atoms with van der Waals surface area (Å²) in [7, 11) is 1.49. The van der Waals surface area contributed by atoms with Crippen molar-refractivity contribution in [1.29, 1.82) is 0 Å². The molecule has 4 amide bonds. The molecule has 9 heteroatoms. The second-order valence-corrected chi connectivity index (χ2v) is 11.8. The summed E-state index contributed by atoms with van der Waals surface area (Å²) < 4.78 is 5.75. The second kappa shape index (κ2) is 9.56. The van der Waals surface area contributed by atoms with Crippen LogP contribution >= 0.6 is 11.6 Å². The zero-order valence-corrected chi connectivity index (χ0v) is 23.4. The zero-order chi connectivity index (χ0) is 29.3. The molecule has 3 aromatic rings. The van der Waals surface area contributed by atoms with E-state index in [0.29, 0.717) is 34.0 Å². The van der Waals surface area contributed by atoms with Gasteiger partial charge in [0.25, 0.3) is 0 Å². The lowest BCUT2D eigenvalue weighted by atomic mass is 9.49. The fourth-order valence-corrected chi connectivity index (χ4v) is 8.12. The lowest BCUT2D eigenvalue weighted by Crippen LogP contribution is -2.53. The van der Waals surface area contributed by atoms with E-state index in [0.717, 1.165) is 5.57 Å². The van der Waals surface area contributed by atoms with Gasteiger partial charge >= 0.3 is 0 Å². The van der Waals surface area contributed by atoms with Crippen molar-refractivity contribution in [3.63, 3.8) is 0 Å². The first-order valence-corrected chi connectivity index (χ1v) is 14.3. The van der Waals surface area contributed by atoms with Crippen molar-refractivity contribution in [3.8, 4) is 11.5 Å². The predicted molar refractivity (Wildman–Crippen MR) is 154 cm³/mol. The Morgan fingerprint density at radius 1 is 0.952 bits per heavy atom. The van der Waals surface area contributed by atoms with Crippen molar-refractivity contribution >= 4 is 40.9 Å². The molecule has 4 aliphatic rings. The molecular weight excluding hydrogens is 556 g/mol. The first kappa shape index (κ1) is 26.5. The first-order chi connectivity index (χ1) is 20.3. The number of ether oxygens (including phenoxy) is 1. The number of nitrogens with one attached hydrogen (secondary N) is 1. The van der Waals surface area contributed by atoms with E-state index in [4.69, 9.17) is 16.3 Å². The third-order valence-electron chi connectivity index (χ3n) is 9.54. The number of phenolic OH excluding ortho intramolecular Hbond substituents is 1. The quantitative estimate of drug-likeness (QED) is 0.346. The Morgan fingerprint density at radius 2 is 1.74 bits per heavy atom. The molecule has 0 spiro atoms. The smallest absolute Gasteiger partial charge is 0.246 e. The minimum absolute atomic E-state index is 0.0129. The van der Waals surface area contributed by atoms with Crippen LogP contribution in [-0.4, -0.2) is 35.8 Å². The molecule has 7 rings (SSSR count). The van der Waals surface area contributed by atoms with Gasteiger partial charge in [0.2, 0.25) is 23.6 Å². The molecule has 6 atom stereocenters. The van der Waals surface area contributed by atoms with Gasteiger partial charge < -0.3 is 9.84 Å². The fourth-order valence-electron chi connectivity index (χ4n) is 7.94. The van der Waals surface area contributed by atoms with Gasteiger partial charge in [0.15, 0.2) is 0 Å². The number of phenols is 1. The largest absolute Gasteiger partial charge is 0.508 e. The summed E-state index contributed by atoms with van der Waals surface area (Å²) in [6, 6.07) is 20.6. The lowest BCUT2D eigenvalue weighted by Gasteiger charge is -2.50. The van der Waals surface area contributed by atoms with E-state index in [9.17, 15) is 19.5 Å². The Kier molecular flexibility index (Phi) is 6.02. The molecule has 2 saturated heterocycles. The number of allylic oxidation sites excluding steroid dienone is 2. The number of carbonyl (C=O) groups excluding carboxylic acids is 4. The highest BCUT2D eigenvalue weighted by atomic mass is 35.5. The van der Waals surface area contributed by atoms with Crippen LogP contribution in [0.25, 0.3) is 0 Å². The van der Waals surface area contributed by atoms with Crippen LogP contribution in [0, 0.1) is 23.7 Å². The Morgan fingerprint density at radius 3 is 2.48 bits per heavy atom. The van der Waals surface area contributed by atoms with E-state index in [1.807, 2.05) is 36.4 Å². The lowest BCUT2D eigenvalue weighted by molar-refractivity contribution is -0.128. The highest BCUT2D eigenvalue weighted by Gasteiger charge is 2.70. The molecule has 0 unspecified atom stereocenters. The van der Waals surface area contributed by atoms with E-state index in [1.165, 1.54) is 24.1 Å². The molecule has 3 fully saturated rings. The van der Waals surface area contributed by atoms with Crippen molar-refractivity contribution in [2.24, 2.45) is 23.7 Å². The third-order valence-corrected chi connectivity index (χ3v) is 9.77. The summed E-state index contributed by atoms with van der Waals surface area (Å²) in [4.78, 5) is 56.8. The SMILES string of the molecule is COc1cc(O)ccc1[C@H]1C2=CC[C@@H]3C(=O)NC(=O)[C@@H]3[C@@H]2C[C@H]2C(=O)N(c3cccc(Cl)c3)C(=O)[C@@]12c1ccccc1. The van der Waals surface area contributed by atoms with Crippen molar-refractivity contribution in [2.45, 2.75) is 24.2 Å². The van der Waals surface area contributed by atoms with Crippen molar-refractivity contribution in [1.82, 2.24) is 5.32 Å². The van der Waals surface area contributed by atoms with E-state index in [-0.39, 0.29) is 29.9 Å². The number of anilines is 1. The second-order valence-electron chi connectivity index (χ2n) is 11.4. The molecular formula is C33H27ClN2O6. The number of carbonyl (C=O) groups is 4. The predicted octanol–water partition coefficient (Wildman–Crippen LogP) is 4.50. The molecule has 0 radical (unpaired) electrons. The van der Waals surface area contributed by atoms with Crippen LogP contribution in [0.3, 0.4) is 0 Å². The molecule has 0 aromatic heterocycles. The third kappa shape index (κ3) is 3.54. The zero-order valence-electron chi connectivity index (χ0n) is 22.6. The fraction of sp³-hybridized carbons (Fsp3) is 0.273. The maximum atomic E-state index is 15.1. The maximum Gasteiger partial charge on any atom is 0.246 e. The molecule has 0 bridgehead atoms. The van der Waals surface area contributed by atoms with Gasteiger partial charge in [-0.25, -0.2) is 4.90 Å². The standard InChI is InChI=1S/C33H27ClN2O6/c1-42-26-15-20(37)10-11-22(26)28-21-12-13-23-27(30(39)35-29(23)38)24(21)16-25-31(40)36(19-9-5-8-18(34)14-19)32(41)33(25,28)17-6-3-2-4-7-17/h2-12,14-15,23-25,27-28,37H,13,16H2,1H3,(H,35,38,39)/t23-,24+,25-,27-,28+,33+/m0/s1. The van der Waals surface area contributed by atoms with Gasteiger partial charge in [-0.15, -0.1) is 0 Å². The van der Waals surface area contributed by atoms with Crippen molar-refractivity contribution in [3.05, 3.63) is 101 Å². The van der Waals surface area contributed by atoms with Crippen LogP contribution in [0.2, 0.25) is 5.02 Å². The Hall–Kier alpha value is -4.43. The highest BCUT2D eigenvalue weighted by Crippen LogP contribution is 2.65. The van der Waals surface area contributed by atoms with Gasteiger partial charge in [-0.2, -0.15) is 0 Å². The summed E-state index contributed by atoms with van der Waals surface area (Å²) in [6.07, 6.45) is 2.52. The number of fused-ring (bicyclic) bond motifs is 4. The van der Waals surface area contributed by atoms with Gasteiger partial charge in [-0.05, 0) is 48.6 Å². The average molecular weight is 583 g/mol. The number of rotatable bonds is 4. The van der Waals surface area contributed by atoms with Crippen molar-refractivity contribution < 1.29 is 29.0 Å². The normalized spacial score (nSPS) is 29.9. The molecule has 42 heavy (non-hydrogen) atoms. The molecule has 8 nitrogen and oxygen atoms in total. The molecule has 2 heterocycles. The first-order valence-electron chi connectivity index (χ1n) is 13.9. The number of hydrogen-bond donors (Lipinski definition) is 2. The number of aromatic hydroxyl groups is 1. The van der Waals surface area contributed by atoms with Crippen LogP contribution in [-0.2, 0) is 24.6 Å². The van der Waals surface area contributed by atoms with Gasteiger partial charge in [0, 0.05) is 22.6 Å². The maximum absolute atomic E-state index is 15.1. The highest BCUT2D eigenvalue weighted by molar-refractivity contribution is 6.32. The van der Waals surface area contributed by atoms with Gasteiger partial charge in [-0.3, -0.25) is 24.5 Å². The number of methoxy groups -OCH3 is 1. The molecule has 2 N–H and O–H groups in total. The minimum Gasteiger partial charge on any atom is -0.508 e. The van der Waals surface area contributed by atoms with Crippen LogP contribution in [0.15, 0.2) is 84.4 Å². The molecule has 1 saturated carbocycles. The van der Waals surface area contributed by atoms with Gasteiger partial charge in [0.1, 0.15) is 11.5 Å². The number of amides is 4. The van der Waals surface area contributed by atoms with Crippen LogP contribution in [0.4, 0.5) is 5.69 Å². The Bertz CT molecular complexity index is 1700. The molecule has 3 aromatic carbocycles. The summed E-state index contributed by atoms with van der Waals surface area (Å²) in [5.74, 6) is -4.36. The van der Waals surface area contributed by atoms with Gasteiger partial charge in [0.05, 0.1) is 36.0 Å². The van der Waals surface area contributed by atoms with Gasteiger partial charge in [-0.1, -0.05) is 65.7 Å². The monoisotopic (exact) mass is 582 g/mol. The number of benzene rings is 3. The van der Waals surface area contributed by atoms with E-state index in [2.05, 4.69) is 5.32 Å². The summed E-state index contributed by atoms with van der Waals surface area (Å²) in [5, 5.41) is 13.2. The number of halogens is 1. The summed E-state index contributed by atoms with van der Waals surface area (Å²) in [6.45, 7) is 0. The van der Waals surface area contributed by atoms with Crippen LogP contribution < -0.4 is 15.0 Å². The Labute approximate surface area is 246 Å². The topological polar surface area (TPSA) is 113 Å². The average Bonchev–Trinajstić information content (AvgIpc) is 3.41. The molecule has 2 aliphatic heterocycles.